The van der Waals surface area contributed by atoms with E-state index in [2.05, 4.69) is 4.98 Å². The van der Waals surface area contributed by atoms with Gasteiger partial charge in [-0.3, -0.25) is 4.79 Å². The molecule has 1 rings (SSSR count). The highest BCUT2D eigenvalue weighted by molar-refractivity contribution is 5.89. The van der Waals surface area contributed by atoms with Crippen molar-refractivity contribution in [3.63, 3.8) is 0 Å². The summed E-state index contributed by atoms with van der Waals surface area (Å²) in [4.78, 5) is 26.2. The van der Waals surface area contributed by atoms with Gasteiger partial charge in [0.25, 0.3) is 0 Å². The Morgan fingerprint density at radius 2 is 1.90 bits per heavy atom. The molecule has 1 aromatic rings. The van der Waals surface area contributed by atoms with Crippen LogP contribution in [0.2, 0.25) is 0 Å². The zero-order valence-electron chi connectivity index (χ0n) is 12.9. The van der Waals surface area contributed by atoms with Crippen molar-refractivity contribution in [3.8, 4) is 0 Å². The molecule has 0 saturated heterocycles. The first kappa shape index (κ1) is 17.2. The van der Waals surface area contributed by atoms with Crippen molar-refractivity contribution in [3.05, 3.63) is 23.0 Å². The van der Waals surface area contributed by atoms with E-state index in [1.165, 1.54) is 0 Å². The number of aryl methyl sites for hydroxylation is 1. The van der Waals surface area contributed by atoms with Gasteiger partial charge in [-0.2, -0.15) is 0 Å². The number of carbonyl (C=O) groups excluding carboxylic acids is 2. The number of ether oxygens (including phenoxy) is 3. The number of aromatic amines is 1. The van der Waals surface area contributed by atoms with E-state index in [1.807, 2.05) is 6.07 Å². The van der Waals surface area contributed by atoms with Gasteiger partial charge in [0.05, 0.1) is 19.8 Å². The van der Waals surface area contributed by atoms with Crippen LogP contribution >= 0.6 is 0 Å². The summed E-state index contributed by atoms with van der Waals surface area (Å²) in [7, 11) is 1.57. The molecule has 1 heterocycles. The minimum atomic E-state index is -0.388. The van der Waals surface area contributed by atoms with Crippen molar-refractivity contribution >= 4 is 11.9 Å². The number of aromatic nitrogens is 1. The highest BCUT2D eigenvalue weighted by Crippen LogP contribution is 2.15. The smallest absolute Gasteiger partial charge is 0.355 e. The Morgan fingerprint density at radius 3 is 2.52 bits per heavy atom. The summed E-state index contributed by atoms with van der Waals surface area (Å²) >= 11 is 0. The van der Waals surface area contributed by atoms with Crippen LogP contribution in [0.5, 0.6) is 0 Å². The lowest BCUT2D eigenvalue weighted by Gasteiger charge is -2.02. The Labute approximate surface area is 124 Å². The Morgan fingerprint density at radius 1 is 1.19 bits per heavy atom. The molecule has 0 radical (unpaired) electrons. The summed E-state index contributed by atoms with van der Waals surface area (Å²) in [6.07, 6.45) is 1.68. The molecule has 0 amide bonds. The van der Waals surface area contributed by atoms with E-state index in [1.54, 1.807) is 21.0 Å². The predicted octanol–water partition coefficient (Wildman–Crippen LogP) is 2.22. The van der Waals surface area contributed by atoms with E-state index >= 15 is 0 Å². The van der Waals surface area contributed by atoms with Crippen LogP contribution in [0, 0.1) is 0 Å². The highest BCUT2D eigenvalue weighted by Gasteiger charge is 2.16. The first-order valence-corrected chi connectivity index (χ1v) is 7.14. The van der Waals surface area contributed by atoms with Crippen molar-refractivity contribution in [2.24, 2.45) is 0 Å². The largest absolute Gasteiger partial charge is 0.466 e. The maximum Gasteiger partial charge on any atom is 0.355 e. The molecule has 0 unspecified atom stereocenters. The number of methoxy groups -OCH3 is 1. The molecule has 6 nitrogen and oxygen atoms in total. The maximum absolute atomic E-state index is 11.8. The molecule has 0 aliphatic carbocycles. The van der Waals surface area contributed by atoms with Crippen molar-refractivity contribution < 1.29 is 23.8 Å². The minimum absolute atomic E-state index is 0.202. The normalized spacial score (nSPS) is 10.4. The van der Waals surface area contributed by atoms with Crippen LogP contribution in [0.4, 0.5) is 0 Å². The molecule has 0 aliphatic heterocycles. The standard InChI is InChI=1S/C15H23NO5/c1-4-20-13(17)8-6-7-12-9-11(10-19-3)14(16-12)15(18)21-5-2/h9,16H,4-8,10H2,1-3H3. The molecule has 1 aromatic heterocycles. The Bertz CT molecular complexity index is 467. The quantitative estimate of drug-likeness (QED) is 0.707. The fraction of sp³-hybridized carbons (Fsp3) is 0.600. The Kier molecular flexibility index (Phi) is 7.53. The van der Waals surface area contributed by atoms with Gasteiger partial charge < -0.3 is 19.2 Å². The van der Waals surface area contributed by atoms with Gasteiger partial charge in [0.15, 0.2) is 0 Å². The third-order valence-corrected chi connectivity index (χ3v) is 2.87. The van der Waals surface area contributed by atoms with Gasteiger partial charge in [-0.05, 0) is 32.8 Å². The second-order valence-corrected chi connectivity index (χ2v) is 4.51. The third kappa shape index (κ3) is 5.59. The zero-order valence-corrected chi connectivity index (χ0v) is 12.9. The van der Waals surface area contributed by atoms with Crippen LogP contribution in [0.1, 0.15) is 48.4 Å². The van der Waals surface area contributed by atoms with E-state index in [0.717, 1.165) is 11.3 Å². The second-order valence-electron chi connectivity index (χ2n) is 4.51. The van der Waals surface area contributed by atoms with Crippen LogP contribution in [-0.4, -0.2) is 37.2 Å². The molecule has 0 saturated carbocycles. The molecule has 118 valence electrons. The molecule has 1 N–H and O–H groups in total. The minimum Gasteiger partial charge on any atom is -0.466 e. The predicted molar refractivity (Wildman–Crippen MR) is 77.0 cm³/mol. The molecule has 21 heavy (non-hydrogen) atoms. The van der Waals surface area contributed by atoms with Crippen molar-refractivity contribution in [1.82, 2.24) is 4.98 Å². The number of esters is 2. The third-order valence-electron chi connectivity index (χ3n) is 2.87. The second kappa shape index (κ2) is 9.18. The number of H-pyrrole nitrogens is 1. The Balaban J connectivity index is 2.64. The van der Waals surface area contributed by atoms with E-state index in [-0.39, 0.29) is 11.9 Å². The van der Waals surface area contributed by atoms with Gasteiger partial charge in [0.2, 0.25) is 0 Å². The van der Waals surface area contributed by atoms with Crippen LogP contribution in [0.15, 0.2) is 6.07 Å². The van der Waals surface area contributed by atoms with E-state index < -0.39 is 0 Å². The molecular formula is C15H23NO5. The first-order chi connectivity index (χ1) is 10.1. The lowest BCUT2D eigenvalue weighted by Crippen LogP contribution is -2.08. The van der Waals surface area contributed by atoms with Gasteiger partial charge in [-0.15, -0.1) is 0 Å². The van der Waals surface area contributed by atoms with Gasteiger partial charge in [0.1, 0.15) is 5.69 Å². The van der Waals surface area contributed by atoms with Gasteiger partial charge in [0, 0.05) is 24.8 Å². The molecule has 6 heteroatoms. The SMILES string of the molecule is CCOC(=O)CCCc1cc(COC)c(C(=O)OCC)[nH]1. The lowest BCUT2D eigenvalue weighted by molar-refractivity contribution is -0.143. The number of nitrogens with one attached hydrogen (secondary N) is 1. The lowest BCUT2D eigenvalue weighted by atomic mass is 10.2. The van der Waals surface area contributed by atoms with Crippen molar-refractivity contribution in [2.75, 3.05) is 20.3 Å². The van der Waals surface area contributed by atoms with Gasteiger partial charge in [-0.25, -0.2) is 4.79 Å². The summed E-state index contributed by atoms with van der Waals surface area (Å²) in [5, 5.41) is 0. The summed E-state index contributed by atoms with van der Waals surface area (Å²) in [6, 6.07) is 1.88. The molecule has 0 bridgehead atoms. The van der Waals surface area contributed by atoms with Crippen molar-refractivity contribution in [1.29, 1.82) is 0 Å². The topological polar surface area (TPSA) is 77.6 Å². The summed E-state index contributed by atoms with van der Waals surface area (Å²) in [5.74, 6) is -0.590. The number of rotatable bonds is 9. The fourth-order valence-corrected chi connectivity index (χ4v) is 2.01. The van der Waals surface area contributed by atoms with Gasteiger partial charge >= 0.3 is 11.9 Å². The van der Waals surface area contributed by atoms with E-state index in [0.29, 0.717) is 44.8 Å². The van der Waals surface area contributed by atoms with Crippen LogP contribution in [-0.2, 0) is 32.0 Å². The van der Waals surface area contributed by atoms with E-state index in [9.17, 15) is 9.59 Å². The molecule has 0 aliphatic rings. The zero-order chi connectivity index (χ0) is 15.7. The monoisotopic (exact) mass is 297 g/mol. The average molecular weight is 297 g/mol. The van der Waals surface area contributed by atoms with Crippen LogP contribution in [0.25, 0.3) is 0 Å². The first-order valence-electron chi connectivity index (χ1n) is 7.14. The number of carbonyl (C=O) groups is 2. The van der Waals surface area contributed by atoms with Crippen molar-refractivity contribution in [2.45, 2.75) is 39.7 Å². The molecule has 0 spiro atoms. The van der Waals surface area contributed by atoms with Gasteiger partial charge in [-0.1, -0.05) is 0 Å². The molecular weight excluding hydrogens is 274 g/mol. The number of hydrogen-bond acceptors (Lipinski definition) is 5. The molecule has 0 atom stereocenters. The summed E-state index contributed by atoms with van der Waals surface area (Å²) in [5.41, 5.74) is 2.07. The van der Waals surface area contributed by atoms with Crippen LogP contribution < -0.4 is 0 Å². The Hall–Kier alpha value is -1.82. The number of hydrogen-bond donors (Lipinski definition) is 1. The summed E-state index contributed by atoms with van der Waals surface area (Å²) < 4.78 is 15.0. The fourth-order valence-electron chi connectivity index (χ4n) is 2.01. The molecule has 0 aromatic carbocycles. The molecule has 0 fully saturated rings. The maximum atomic E-state index is 11.8. The highest BCUT2D eigenvalue weighted by atomic mass is 16.5. The van der Waals surface area contributed by atoms with Crippen LogP contribution in [0.3, 0.4) is 0 Å². The summed E-state index contributed by atoms with van der Waals surface area (Å²) in [6.45, 7) is 4.60. The van der Waals surface area contributed by atoms with E-state index in [4.69, 9.17) is 14.2 Å². The average Bonchev–Trinajstić information content (AvgIpc) is 2.83.